The summed E-state index contributed by atoms with van der Waals surface area (Å²) in [6, 6.07) is 20.5. The second kappa shape index (κ2) is 18.6. The van der Waals surface area contributed by atoms with Gasteiger partial charge in [0.1, 0.15) is 13.2 Å². The number of carbonyl (C=O) groups is 3. The highest BCUT2D eigenvalue weighted by atomic mass is 79.9. The van der Waals surface area contributed by atoms with Gasteiger partial charge in [0.15, 0.2) is 5.78 Å². The van der Waals surface area contributed by atoms with Crippen molar-refractivity contribution in [2.24, 2.45) is 0 Å². The second-order valence-electron chi connectivity index (χ2n) is 14.1. The zero-order valence-corrected chi connectivity index (χ0v) is 32.0. The van der Waals surface area contributed by atoms with Gasteiger partial charge in [0, 0.05) is 46.8 Å². The number of ether oxygens (including phenoxy) is 2. The number of benzene rings is 3. The standard InChI is InChI=1S/C41H54BrN3O5/c1-6-35(30-17-14-18-31(25-30)38(46)29-15-10-8-11-16-29)40(48)50-24-22-45(41(3,4)5)21-23-49-39(47)32-26-33(37(43)36(42)27-32)28-44(7-2)34-19-12-9-13-20-34/h8,10-11,14-18,25-27,34-35H,6-7,9,12-13,19-24,28,43H2,1-5H3. The predicted octanol–water partition coefficient (Wildman–Crippen LogP) is 8.41. The summed E-state index contributed by atoms with van der Waals surface area (Å²) in [5.41, 5.74) is 10.2. The van der Waals surface area contributed by atoms with Crippen molar-refractivity contribution < 1.29 is 23.9 Å². The Hall–Kier alpha value is -3.53. The molecule has 1 atom stereocenters. The lowest BCUT2D eigenvalue weighted by Crippen LogP contribution is -2.45. The first kappa shape index (κ1) is 39.3. The van der Waals surface area contributed by atoms with Gasteiger partial charge in [0.05, 0.1) is 17.2 Å². The summed E-state index contributed by atoms with van der Waals surface area (Å²) in [7, 11) is 0. The molecule has 1 aliphatic rings. The topological polar surface area (TPSA) is 102 Å². The number of nitrogens with zero attached hydrogens (tertiary/aromatic N) is 2. The van der Waals surface area contributed by atoms with Gasteiger partial charge in [-0.1, -0.05) is 81.6 Å². The lowest BCUT2D eigenvalue weighted by atomic mass is 9.93. The fourth-order valence-electron chi connectivity index (χ4n) is 6.75. The Balaban J connectivity index is 1.32. The molecule has 0 aromatic heterocycles. The van der Waals surface area contributed by atoms with E-state index in [2.05, 4.69) is 53.4 Å². The maximum atomic E-state index is 13.3. The molecular weight excluding hydrogens is 694 g/mol. The number of nitrogens with two attached hydrogens (primary N) is 1. The SMILES string of the molecule is CCC(C(=O)OCCN(CCOC(=O)c1cc(Br)c(N)c(CN(CC)C2CCCCC2)c1)C(C)(C)C)c1cccc(C(=O)c2ccccc2)c1. The van der Waals surface area contributed by atoms with Crippen molar-refractivity contribution in [3.05, 3.63) is 99.0 Å². The van der Waals surface area contributed by atoms with E-state index in [0.717, 1.165) is 17.7 Å². The summed E-state index contributed by atoms with van der Waals surface area (Å²) in [4.78, 5) is 44.1. The van der Waals surface area contributed by atoms with Crippen LogP contribution in [0.3, 0.4) is 0 Å². The minimum absolute atomic E-state index is 0.0838. The largest absolute Gasteiger partial charge is 0.464 e. The second-order valence-corrected chi connectivity index (χ2v) is 15.0. The quantitative estimate of drug-likeness (QED) is 0.0886. The van der Waals surface area contributed by atoms with Gasteiger partial charge in [-0.15, -0.1) is 0 Å². The van der Waals surface area contributed by atoms with Gasteiger partial charge in [0.2, 0.25) is 0 Å². The molecule has 0 radical (unpaired) electrons. The number of esters is 2. The number of carbonyl (C=O) groups excluding carboxylic acids is 3. The van der Waals surface area contributed by atoms with Crippen LogP contribution in [0.15, 0.2) is 71.2 Å². The summed E-state index contributed by atoms with van der Waals surface area (Å²) in [6.07, 6.45) is 6.76. The molecule has 0 spiro atoms. The van der Waals surface area contributed by atoms with E-state index < -0.39 is 11.9 Å². The normalized spacial score (nSPS) is 14.5. The van der Waals surface area contributed by atoms with Crippen molar-refractivity contribution in [2.45, 2.75) is 97.2 Å². The van der Waals surface area contributed by atoms with Crippen LogP contribution in [-0.4, -0.2) is 72.0 Å². The van der Waals surface area contributed by atoms with E-state index >= 15 is 0 Å². The molecule has 8 nitrogen and oxygen atoms in total. The number of rotatable bonds is 16. The Bertz CT molecular complexity index is 1580. The molecule has 1 fully saturated rings. The molecule has 0 saturated heterocycles. The summed E-state index contributed by atoms with van der Waals surface area (Å²) < 4.78 is 12.2. The monoisotopic (exact) mass is 747 g/mol. The van der Waals surface area contributed by atoms with Gasteiger partial charge >= 0.3 is 11.9 Å². The van der Waals surface area contributed by atoms with E-state index in [1.54, 1.807) is 30.3 Å². The van der Waals surface area contributed by atoms with Crippen LogP contribution in [0.25, 0.3) is 0 Å². The number of hydrogen-bond acceptors (Lipinski definition) is 8. The Morgan fingerprint density at radius 3 is 2.16 bits per heavy atom. The third-order valence-electron chi connectivity index (χ3n) is 9.75. The van der Waals surface area contributed by atoms with E-state index in [1.807, 2.05) is 43.3 Å². The summed E-state index contributed by atoms with van der Waals surface area (Å²) in [6.45, 7) is 13.3. The molecule has 2 N–H and O–H groups in total. The first-order valence-corrected chi connectivity index (χ1v) is 18.8. The molecule has 0 heterocycles. The van der Waals surface area contributed by atoms with E-state index in [-0.39, 0.29) is 30.5 Å². The van der Waals surface area contributed by atoms with Crippen LogP contribution in [0.1, 0.15) is 116 Å². The number of nitrogen functional groups attached to an aromatic ring is 1. The lowest BCUT2D eigenvalue weighted by Gasteiger charge is -2.35. The Morgan fingerprint density at radius 1 is 0.860 bits per heavy atom. The average molecular weight is 749 g/mol. The predicted molar refractivity (Wildman–Crippen MR) is 203 cm³/mol. The van der Waals surface area contributed by atoms with Crippen LogP contribution < -0.4 is 5.73 Å². The maximum absolute atomic E-state index is 13.3. The molecule has 50 heavy (non-hydrogen) atoms. The molecule has 0 aliphatic heterocycles. The molecule has 1 aliphatic carbocycles. The molecular formula is C41H54BrN3O5. The van der Waals surface area contributed by atoms with Crippen molar-refractivity contribution in [3.63, 3.8) is 0 Å². The molecule has 3 aromatic carbocycles. The van der Waals surface area contributed by atoms with Crippen LogP contribution in [0.2, 0.25) is 0 Å². The number of hydrogen-bond donors (Lipinski definition) is 1. The highest BCUT2D eigenvalue weighted by Gasteiger charge is 2.26. The molecule has 0 amide bonds. The van der Waals surface area contributed by atoms with Crippen molar-refractivity contribution in [3.8, 4) is 0 Å². The maximum Gasteiger partial charge on any atom is 0.338 e. The highest BCUT2D eigenvalue weighted by molar-refractivity contribution is 9.10. The number of anilines is 1. The fraction of sp³-hybridized carbons (Fsp3) is 0.488. The Labute approximate surface area is 306 Å². The minimum atomic E-state index is -0.487. The van der Waals surface area contributed by atoms with E-state index in [4.69, 9.17) is 15.2 Å². The van der Waals surface area contributed by atoms with Crippen LogP contribution in [0, 0.1) is 0 Å². The van der Waals surface area contributed by atoms with Crippen molar-refractivity contribution in [1.82, 2.24) is 9.80 Å². The van der Waals surface area contributed by atoms with Crippen LogP contribution >= 0.6 is 15.9 Å². The first-order valence-electron chi connectivity index (χ1n) is 18.0. The Morgan fingerprint density at radius 2 is 1.52 bits per heavy atom. The summed E-state index contributed by atoms with van der Waals surface area (Å²) in [5, 5.41) is 0. The molecule has 9 heteroatoms. The molecule has 4 rings (SSSR count). The van der Waals surface area contributed by atoms with E-state index in [9.17, 15) is 14.4 Å². The van der Waals surface area contributed by atoms with E-state index in [0.29, 0.717) is 58.9 Å². The van der Waals surface area contributed by atoms with Crippen LogP contribution in [0.4, 0.5) is 5.69 Å². The average Bonchev–Trinajstić information content (AvgIpc) is 3.11. The summed E-state index contributed by atoms with van der Waals surface area (Å²) >= 11 is 3.56. The van der Waals surface area contributed by atoms with E-state index in [1.165, 1.54) is 32.1 Å². The molecule has 1 saturated carbocycles. The van der Waals surface area contributed by atoms with Gasteiger partial charge in [-0.2, -0.15) is 0 Å². The highest BCUT2D eigenvalue weighted by Crippen LogP contribution is 2.30. The van der Waals surface area contributed by atoms with Crippen molar-refractivity contribution in [1.29, 1.82) is 0 Å². The third-order valence-corrected chi connectivity index (χ3v) is 10.4. The summed E-state index contributed by atoms with van der Waals surface area (Å²) in [5.74, 6) is -1.29. The number of ketones is 1. The molecule has 270 valence electrons. The van der Waals surface area contributed by atoms with Crippen molar-refractivity contribution in [2.75, 3.05) is 38.6 Å². The van der Waals surface area contributed by atoms with Crippen molar-refractivity contribution >= 4 is 39.3 Å². The minimum Gasteiger partial charge on any atom is -0.464 e. The van der Waals surface area contributed by atoms with Gasteiger partial charge < -0.3 is 15.2 Å². The molecule has 1 unspecified atom stereocenters. The molecule has 3 aromatic rings. The van der Waals surface area contributed by atoms with Crippen LogP contribution in [-0.2, 0) is 20.8 Å². The smallest absolute Gasteiger partial charge is 0.338 e. The first-order chi connectivity index (χ1) is 23.9. The third kappa shape index (κ3) is 10.7. The zero-order valence-electron chi connectivity index (χ0n) is 30.4. The van der Waals surface area contributed by atoms with Gasteiger partial charge in [-0.05, 0) is 91.8 Å². The number of halogens is 1. The fourth-order valence-corrected chi connectivity index (χ4v) is 7.25. The van der Waals surface area contributed by atoms with Gasteiger partial charge in [0.25, 0.3) is 0 Å². The molecule has 0 bridgehead atoms. The lowest BCUT2D eigenvalue weighted by molar-refractivity contribution is -0.146. The van der Waals surface area contributed by atoms with Gasteiger partial charge in [-0.3, -0.25) is 19.4 Å². The zero-order chi connectivity index (χ0) is 36.3. The van der Waals surface area contributed by atoms with Gasteiger partial charge in [-0.25, -0.2) is 4.79 Å². The van der Waals surface area contributed by atoms with Crippen LogP contribution in [0.5, 0.6) is 0 Å². The Kier molecular flexibility index (Phi) is 14.6.